The molecular weight excluding hydrogens is 1200 g/mol. The summed E-state index contributed by atoms with van der Waals surface area (Å²) in [6.07, 6.45) is 106. The minimum absolute atomic E-state index is 0.183. The molecule has 0 saturated carbocycles. The van der Waals surface area contributed by atoms with Gasteiger partial charge in [-0.2, -0.15) is 0 Å². The number of nitrogens with zero attached hydrogens (tertiary/aromatic N) is 1. The molecule has 0 aliphatic carbocycles. The summed E-state index contributed by atoms with van der Waals surface area (Å²) in [7, 11) is 5.98. The smallest absolute Gasteiger partial charge is 0.361 e. The van der Waals surface area contributed by atoms with E-state index in [0.717, 1.165) is 96.3 Å². The highest BCUT2D eigenvalue weighted by Crippen LogP contribution is 2.20. The first-order valence-corrected chi connectivity index (χ1v) is 41.4. The molecule has 0 aromatic carbocycles. The Bertz CT molecular complexity index is 1920. The quantitative estimate of drug-likeness (QED) is 0.0211. The van der Waals surface area contributed by atoms with Crippen molar-refractivity contribution in [2.75, 3.05) is 47.5 Å². The number of aliphatic carboxylic acids is 1. The zero-order valence-corrected chi connectivity index (χ0v) is 64.5. The minimum atomic E-state index is -1.52. The lowest BCUT2D eigenvalue weighted by Gasteiger charge is -2.25. The van der Waals surface area contributed by atoms with Crippen molar-refractivity contribution in [3.8, 4) is 0 Å². The molecule has 0 aromatic rings. The Hall–Kier alpha value is -3.79. The Labute approximate surface area is 601 Å². The second kappa shape index (κ2) is 77.9. The molecule has 0 saturated heterocycles. The maximum atomic E-state index is 13.0. The van der Waals surface area contributed by atoms with Gasteiger partial charge in [0.15, 0.2) is 6.10 Å². The average Bonchev–Trinajstić information content (AvgIpc) is 2.59. The van der Waals surface area contributed by atoms with Crippen LogP contribution >= 0.6 is 0 Å². The molecule has 0 aliphatic heterocycles. The van der Waals surface area contributed by atoms with Gasteiger partial charge in [0.05, 0.1) is 34.4 Å². The van der Waals surface area contributed by atoms with E-state index in [9.17, 15) is 19.5 Å². The van der Waals surface area contributed by atoms with Crippen LogP contribution in [0.15, 0.2) is 97.2 Å². The van der Waals surface area contributed by atoms with Crippen molar-refractivity contribution in [3.05, 3.63) is 97.2 Å². The summed E-state index contributed by atoms with van der Waals surface area (Å²) >= 11 is 0. The van der Waals surface area contributed by atoms with E-state index in [1.807, 2.05) is 21.1 Å². The average molecular weight is 1360 g/mol. The number of ether oxygens (including phenoxy) is 4. The molecule has 0 rings (SSSR count). The third-order valence-corrected chi connectivity index (χ3v) is 18.4. The summed E-state index contributed by atoms with van der Waals surface area (Å²) in [6, 6.07) is 0. The highest BCUT2D eigenvalue weighted by Gasteiger charge is 2.25. The normalized spacial score (nSPS) is 13.1. The maximum Gasteiger partial charge on any atom is 0.361 e. The molecule has 0 fully saturated rings. The Balaban J connectivity index is 4.01. The maximum absolute atomic E-state index is 13.0. The summed E-state index contributed by atoms with van der Waals surface area (Å²) in [5.41, 5.74) is 0. The topological polar surface area (TPSA) is 108 Å². The van der Waals surface area contributed by atoms with Crippen LogP contribution in [0.5, 0.6) is 0 Å². The van der Waals surface area contributed by atoms with Crippen LogP contribution in [-0.4, -0.2) is 87.4 Å². The lowest BCUT2D eigenvalue weighted by Crippen LogP contribution is -2.40. The fourth-order valence-corrected chi connectivity index (χ4v) is 12.1. The predicted octanol–water partition coefficient (Wildman–Crippen LogP) is 26.7. The molecule has 0 spiro atoms. The van der Waals surface area contributed by atoms with Gasteiger partial charge in [0.1, 0.15) is 13.2 Å². The van der Waals surface area contributed by atoms with E-state index in [2.05, 4.69) is 111 Å². The lowest BCUT2D eigenvalue weighted by atomic mass is 10.0. The summed E-state index contributed by atoms with van der Waals surface area (Å²) in [5.74, 6) is -2.00. The summed E-state index contributed by atoms with van der Waals surface area (Å²) in [5, 5.41) is 9.78. The van der Waals surface area contributed by atoms with Crippen LogP contribution in [0.25, 0.3) is 0 Å². The zero-order valence-electron chi connectivity index (χ0n) is 64.5. The van der Waals surface area contributed by atoms with Crippen LogP contribution in [0.1, 0.15) is 386 Å². The monoisotopic (exact) mass is 1360 g/mol. The molecule has 562 valence electrons. The molecule has 2 atom stereocenters. The molecule has 0 radical (unpaired) electrons. The molecule has 97 heavy (non-hydrogen) atoms. The van der Waals surface area contributed by atoms with Gasteiger partial charge in [-0.05, 0) is 77.0 Å². The number of carbonyl (C=O) groups is 3. The number of unbranched alkanes of at least 4 members (excludes halogenated alkanes) is 46. The third-order valence-electron chi connectivity index (χ3n) is 18.4. The van der Waals surface area contributed by atoms with E-state index >= 15 is 0 Å². The van der Waals surface area contributed by atoms with Crippen LogP contribution in [0.2, 0.25) is 0 Å². The molecule has 9 nitrogen and oxygen atoms in total. The molecule has 0 heterocycles. The van der Waals surface area contributed by atoms with Gasteiger partial charge in [0, 0.05) is 12.8 Å². The van der Waals surface area contributed by atoms with Crippen molar-refractivity contribution in [3.63, 3.8) is 0 Å². The van der Waals surface area contributed by atoms with E-state index < -0.39 is 24.3 Å². The highest BCUT2D eigenvalue weighted by atomic mass is 16.7. The van der Waals surface area contributed by atoms with E-state index in [0.29, 0.717) is 23.9 Å². The largest absolute Gasteiger partial charge is 0.477 e. The van der Waals surface area contributed by atoms with Crippen LogP contribution < -0.4 is 0 Å². The molecule has 2 unspecified atom stereocenters. The molecule has 9 heteroatoms. The van der Waals surface area contributed by atoms with Crippen LogP contribution in [0.3, 0.4) is 0 Å². The van der Waals surface area contributed by atoms with Crippen molar-refractivity contribution in [1.29, 1.82) is 0 Å². The van der Waals surface area contributed by atoms with Gasteiger partial charge in [0.2, 0.25) is 0 Å². The Morgan fingerprint density at radius 3 is 0.876 bits per heavy atom. The number of rotatable bonds is 77. The first kappa shape index (κ1) is 93.2. The van der Waals surface area contributed by atoms with E-state index in [1.54, 1.807) is 0 Å². The fourth-order valence-electron chi connectivity index (χ4n) is 12.1. The number of hydrogen-bond donors (Lipinski definition) is 1. The van der Waals surface area contributed by atoms with Crippen LogP contribution in [-0.2, 0) is 33.3 Å². The predicted molar refractivity (Wildman–Crippen MR) is 419 cm³/mol. The minimum Gasteiger partial charge on any atom is -0.477 e. The van der Waals surface area contributed by atoms with Crippen molar-refractivity contribution < 1.29 is 42.9 Å². The second-order valence-electron chi connectivity index (χ2n) is 29.1. The molecule has 0 bridgehead atoms. The summed E-state index contributed by atoms with van der Waals surface area (Å²) in [4.78, 5) is 37.8. The van der Waals surface area contributed by atoms with Gasteiger partial charge < -0.3 is 28.5 Å². The Morgan fingerprint density at radius 2 is 0.588 bits per heavy atom. The second-order valence-corrected chi connectivity index (χ2v) is 29.1. The van der Waals surface area contributed by atoms with Crippen molar-refractivity contribution >= 4 is 17.9 Å². The number of hydrogen-bond acceptors (Lipinski definition) is 7. The van der Waals surface area contributed by atoms with Crippen molar-refractivity contribution in [2.24, 2.45) is 0 Å². The summed E-state index contributed by atoms with van der Waals surface area (Å²) < 4.78 is 23.0. The first-order chi connectivity index (χ1) is 47.6. The number of carboxylic acid groups (broad SMARTS) is 1. The van der Waals surface area contributed by atoms with Crippen molar-refractivity contribution in [1.82, 2.24) is 0 Å². The van der Waals surface area contributed by atoms with Crippen molar-refractivity contribution in [2.45, 2.75) is 399 Å². The first-order valence-electron chi connectivity index (χ1n) is 41.4. The molecular formula is C88H158NO8+. The zero-order chi connectivity index (χ0) is 70.4. The van der Waals surface area contributed by atoms with Gasteiger partial charge in [-0.1, -0.05) is 394 Å². The van der Waals surface area contributed by atoms with E-state index in [-0.39, 0.29) is 32.2 Å². The molecule has 1 N–H and O–H groups in total. The third kappa shape index (κ3) is 79.4. The van der Waals surface area contributed by atoms with Gasteiger partial charge in [-0.15, -0.1) is 0 Å². The Kier molecular flexibility index (Phi) is 74.9. The molecule has 0 aliphatic rings. The highest BCUT2D eigenvalue weighted by molar-refractivity contribution is 5.71. The number of esters is 2. The summed E-state index contributed by atoms with van der Waals surface area (Å²) in [6.45, 7) is 4.80. The number of allylic oxidation sites excluding steroid dienone is 16. The van der Waals surface area contributed by atoms with E-state index in [4.69, 9.17) is 18.9 Å². The van der Waals surface area contributed by atoms with Gasteiger partial charge in [-0.25, -0.2) is 4.79 Å². The van der Waals surface area contributed by atoms with Gasteiger partial charge in [-0.3, -0.25) is 9.59 Å². The number of carbonyl (C=O) groups excluding carboxylic acids is 2. The SMILES string of the molecule is CC/C=C\C/C=C\C/C=C\C/C=C\C/C=C\C/C=C\C/C=C\C/C=C\CCCCCCCCCCC(=O)OC(COC(=O)CCCCCCCCCCCCCCCCCCCCCCCCCCCCCCCCCCCCCCCCC)COC(OCC[N+](C)(C)C)C(=O)O. The number of carboxylic acids is 1. The van der Waals surface area contributed by atoms with Gasteiger partial charge >= 0.3 is 17.9 Å². The van der Waals surface area contributed by atoms with Gasteiger partial charge in [0.25, 0.3) is 6.29 Å². The molecule has 0 amide bonds. The van der Waals surface area contributed by atoms with Crippen LogP contribution in [0, 0.1) is 0 Å². The lowest BCUT2D eigenvalue weighted by molar-refractivity contribution is -0.870. The molecule has 0 aromatic heterocycles. The number of likely N-dealkylation sites (N-methyl/N-ethyl adjacent to an activating group) is 1. The van der Waals surface area contributed by atoms with E-state index in [1.165, 1.54) is 257 Å². The fraction of sp³-hybridized carbons (Fsp3) is 0.784. The van der Waals surface area contributed by atoms with Crippen LogP contribution in [0.4, 0.5) is 0 Å². The number of quaternary nitrogens is 1. The standard InChI is InChI=1S/C88H157NO8/c1-6-8-10-12-14-16-18-20-22-24-26-28-30-32-34-36-38-40-41-42-43-44-45-47-48-50-52-54-56-58-60-62-64-66-68-70-72-74-76-78-85(90)95-82-84(83-96-88(87(92)93)94-81-80-89(3,4)5)97-86(91)79-77-75-73-71-69-67-65-63-61-59-57-55-53-51-49-46-39-37-35-33-31-29-27-25-23-21-19-17-15-13-11-9-7-2/h9,11,15,17,21,23,27,29,33,35,39,46,51,53,57,59,84,88H,6-8,10,12-14,16,18-20,22,24-26,28,30-32,34,36-38,40-45,47-50,52,54-56,58,60-83H2,1-5H3/p+1/b11-9-,17-15-,23-21-,29-27-,35-33-,46-39-,53-51-,59-57-. The Morgan fingerprint density at radius 1 is 0.320 bits per heavy atom.